The Balaban J connectivity index is 2.46. The Morgan fingerprint density at radius 2 is 1.85 bits per heavy atom. The smallest absolute Gasteiger partial charge is 0.264 e. The zero-order valence-corrected chi connectivity index (χ0v) is 12.2. The van der Waals surface area contributed by atoms with Gasteiger partial charge in [0.2, 0.25) is 0 Å². The van der Waals surface area contributed by atoms with Gasteiger partial charge in [0.05, 0.1) is 21.4 Å². The maximum Gasteiger partial charge on any atom is 0.264 e. The van der Waals surface area contributed by atoms with Gasteiger partial charge in [-0.2, -0.15) is 0 Å². The first-order valence-corrected chi connectivity index (χ1v) is 7.57. The third-order valence-electron chi connectivity index (χ3n) is 2.46. The molecule has 106 valence electrons. The minimum Gasteiger partial charge on any atom is -0.398 e. The Labute approximate surface area is 125 Å². The summed E-state index contributed by atoms with van der Waals surface area (Å²) >= 11 is 11.7. The molecule has 0 heterocycles. The fourth-order valence-electron chi connectivity index (χ4n) is 1.52. The molecular weight excluding hydrogens is 326 g/mol. The van der Waals surface area contributed by atoms with Gasteiger partial charge in [-0.3, -0.25) is 4.72 Å². The van der Waals surface area contributed by atoms with Gasteiger partial charge >= 0.3 is 0 Å². The molecule has 0 amide bonds. The summed E-state index contributed by atoms with van der Waals surface area (Å²) in [5.41, 5.74) is 5.57. The maximum absolute atomic E-state index is 13.2. The molecule has 0 fully saturated rings. The van der Waals surface area contributed by atoms with E-state index in [1.165, 1.54) is 24.3 Å². The van der Waals surface area contributed by atoms with Gasteiger partial charge in [-0.25, -0.2) is 12.8 Å². The molecule has 0 saturated carbocycles. The van der Waals surface area contributed by atoms with Crippen molar-refractivity contribution in [1.29, 1.82) is 0 Å². The highest BCUT2D eigenvalue weighted by Crippen LogP contribution is 2.32. The number of halogens is 3. The van der Waals surface area contributed by atoms with Crippen molar-refractivity contribution in [3.05, 3.63) is 52.3 Å². The third-order valence-corrected chi connectivity index (χ3v) is 4.70. The summed E-state index contributed by atoms with van der Waals surface area (Å²) in [7, 11) is -4.06. The second-order valence-corrected chi connectivity index (χ2v) is 6.33. The molecule has 0 aliphatic carbocycles. The van der Waals surface area contributed by atoms with Crippen molar-refractivity contribution in [3.63, 3.8) is 0 Å². The van der Waals surface area contributed by atoms with Crippen molar-refractivity contribution in [1.82, 2.24) is 0 Å². The van der Waals surface area contributed by atoms with Crippen molar-refractivity contribution in [2.45, 2.75) is 4.90 Å². The number of hydrogen-bond acceptors (Lipinski definition) is 3. The van der Waals surface area contributed by atoms with E-state index >= 15 is 0 Å². The number of rotatable bonds is 3. The van der Waals surface area contributed by atoms with Crippen molar-refractivity contribution in [2.24, 2.45) is 0 Å². The van der Waals surface area contributed by atoms with E-state index in [9.17, 15) is 12.8 Å². The van der Waals surface area contributed by atoms with E-state index in [-0.39, 0.29) is 26.3 Å². The van der Waals surface area contributed by atoms with Crippen LogP contribution >= 0.6 is 23.2 Å². The molecule has 3 N–H and O–H groups in total. The van der Waals surface area contributed by atoms with E-state index in [1.54, 1.807) is 0 Å². The summed E-state index contributed by atoms with van der Waals surface area (Å²) in [4.78, 5) is -0.367. The molecule has 0 aliphatic rings. The number of nitrogen functional groups attached to an aromatic ring is 1. The number of nitrogens with one attached hydrogen (secondary N) is 1. The molecule has 2 aromatic rings. The first kappa shape index (κ1) is 14.9. The summed E-state index contributed by atoms with van der Waals surface area (Å²) in [6.45, 7) is 0. The predicted octanol–water partition coefficient (Wildman–Crippen LogP) is 3.52. The van der Waals surface area contributed by atoms with Gasteiger partial charge in [0.1, 0.15) is 10.7 Å². The van der Waals surface area contributed by atoms with Crippen LogP contribution in [0.2, 0.25) is 10.0 Å². The number of anilines is 2. The standard InChI is InChI=1S/C12H9Cl2FN2O2S/c13-8-2-1-3-10(12(8)14)17-20(18,19)11-6-7(15)4-5-9(11)16/h1-6,17H,16H2. The average Bonchev–Trinajstić information content (AvgIpc) is 2.37. The number of nitrogens with two attached hydrogens (primary N) is 1. The largest absolute Gasteiger partial charge is 0.398 e. The lowest BCUT2D eigenvalue weighted by atomic mass is 10.3. The van der Waals surface area contributed by atoms with Crippen LogP contribution in [0, 0.1) is 5.82 Å². The van der Waals surface area contributed by atoms with Crippen LogP contribution in [-0.2, 0) is 10.0 Å². The van der Waals surface area contributed by atoms with Gasteiger partial charge in [0.25, 0.3) is 10.0 Å². The molecular formula is C12H9Cl2FN2O2S. The van der Waals surface area contributed by atoms with E-state index in [4.69, 9.17) is 28.9 Å². The van der Waals surface area contributed by atoms with E-state index in [2.05, 4.69) is 4.72 Å². The van der Waals surface area contributed by atoms with Crippen LogP contribution in [0.25, 0.3) is 0 Å². The molecule has 0 spiro atoms. The first-order valence-electron chi connectivity index (χ1n) is 5.33. The average molecular weight is 335 g/mol. The van der Waals surface area contributed by atoms with Crippen LogP contribution in [-0.4, -0.2) is 8.42 Å². The summed E-state index contributed by atoms with van der Waals surface area (Å²) < 4.78 is 39.7. The first-order chi connectivity index (χ1) is 9.31. The molecule has 0 aliphatic heterocycles. The fourth-order valence-corrected chi connectivity index (χ4v) is 3.14. The lowest BCUT2D eigenvalue weighted by molar-refractivity contribution is 0.596. The lowest BCUT2D eigenvalue weighted by Gasteiger charge is -2.12. The van der Waals surface area contributed by atoms with E-state index < -0.39 is 15.8 Å². The second-order valence-electron chi connectivity index (χ2n) is 3.89. The van der Waals surface area contributed by atoms with Crippen LogP contribution < -0.4 is 10.5 Å². The van der Waals surface area contributed by atoms with E-state index in [0.29, 0.717) is 0 Å². The van der Waals surface area contributed by atoms with Crippen LogP contribution in [0.15, 0.2) is 41.3 Å². The van der Waals surface area contributed by atoms with Crippen molar-refractivity contribution in [2.75, 3.05) is 10.5 Å². The van der Waals surface area contributed by atoms with Crippen molar-refractivity contribution in [3.8, 4) is 0 Å². The van der Waals surface area contributed by atoms with Crippen molar-refractivity contribution >= 4 is 44.6 Å². The molecule has 0 radical (unpaired) electrons. The van der Waals surface area contributed by atoms with Gasteiger partial charge in [-0.15, -0.1) is 0 Å². The fraction of sp³-hybridized carbons (Fsp3) is 0. The highest BCUT2D eigenvalue weighted by atomic mass is 35.5. The zero-order valence-electron chi connectivity index (χ0n) is 9.90. The predicted molar refractivity (Wildman–Crippen MR) is 78.1 cm³/mol. The SMILES string of the molecule is Nc1ccc(F)cc1S(=O)(=O)Nc1cccc(Cl)c1Cl. The molecule has 0 saturated heterocycles. The van der Waals surface area contributed by atoms with Gasteiger partial charge in [-0.1, -0.05) is 29.3 Å². The van der Waals surface area contributed by atoms with Crippen LogP contribution in [0.5, 0.6) is 0 Å². The minimum atomic E-state index is -4.06. The Bertz CT molecular complexity index is 766. The van der Waals surface area contributed by atoms with E-state index in [0.717, 1.165) is 12.1 Å². The molecule has 4 nitrogen and oxygen atoms in total. The zero-order chi connectivity index (χ0) is 14.9. The Kier molecular flexibility index (Phi) is 4.08. The molecule has 2 aromatic carbocycles. The molecule has 20 heavy (non-hydrogen) atoms. The van der Waals surface area contributed by atoms with Crippen LogP contribution in [0.1, 0.15) is 0 Å². The van der Waals surface area contributed by atoms with Crippen LogP contribution in [0.4, 0.5) is 15.8 Å². The Morgan fingerprint density at radius 1 is 1.15 bits per heavy atom. The Morgan fingerprint density at radius 3 is 2.55 bits per heavy atom. The molecule has 0 unspecified atom stereocenters. The van der Waals surface area contributed by atoms with Crippen molar-refractivity contribution < 1.29 is 12.8 Å². The van der Waals surface area contributed by atoms with Gasteiger partial charge in [0, 0.05) is 0 Å². The normalized spacial score (nSPS) is 11.3. The van der Waals surface area contributed by atoms with Gasteiger partial charge < -0.3 is 5.73 Å². The summed E-state index contributed by atoms with van der Waals surface area (Å²) in [6, 6.07) is 7.54. The van der Waals surface area contributed by atoms with Crippen LogP contribution in [0.3, 0.4) is 0 Å². The highest BCUT2D eigenvalue weighted by Gasteiger charge is 2.20. The monoisotopic (exact) mass is 334 g/mol. The van der Waals surface area contributed by atoms with Gasteiger partial charge in [0.15, 0.2) is 0 Å². The summed E-state index contributed by atoms with van der Waals surface area (Å²) in [5, 5.41) is 0.242. The topological polar surface area (TPSA) is 72.2 Å². The minimum absolute atomic E-state index is 0.0488. The molecule has 0 atom stereocenters. The molecule has 0 aromatic heterocycles. The highest BCUT2D eigenvalue weighted by molar-refractivity contribution is 7.92. The number of hydrogen-bond donors (Lipinski definition) is 2. The molecule has 8 heteroatoms. The quantitative estimate of drug-likeness (QED) is 0.843. The van der Waals surface area contributed by atoms with E-state index in [1.807, 2.05) is 0 Å². The summed E-state index contributed by atoms with van der Waals surface area (Å²) in [6.07, 6.45) is 0. The lowest BCUT2D eigenvalue weighted by Crippen LogP contribution is -2.15. The maximum atomic E-state index is 13.2. The molecule has 2 rings (SSSR count). The second kappa shape index (κ2) is 5.47. The third kappa shape index (κ3) is 2.98. The Hall–Kier alpha value is -1.50. The number of benzene rings is 2. The molecule has 0 bridgehead atoms. The van der Waals surface area contributed by atoms with Gasteiger partial charge in [-0.05, 0) is 30.3 Å². The number of sulfonamides is 1. The summed E-state index contributed by atoms with van der Waals surface area (Å²) in [5.74, 6) is -0.711.